The van der Waals surface area contributed by atoms with Gasteiger partial charge in [0.15, 0.2) is 0 Å². The van der Waals surface area contributed by atoms with E-state index in [-0.39, 0.29) is 13.2 Å². The molecule has 0 amide bonds. The number of hydrogen-bond donors (Lipinski definition) is 0. The Bertz CT molecular complexity index is 824. The van der Waals surface area contributed by atoms with Crippen LogP contribution in [-0.4, -0.2) is 37.7 Å². The van der Waals surface area contributed by atoms with Gasteiger partial charge in [0, 0.05) is 6.42 Å². The number of ether oxygens (including phenoxy) is 3. The molecule has 0 aromatic heterocycles. The fourth-order valence-corrected chi connectivity index (χ4v) is 2.59. The lowest BCUT2D eigenvalue weighted by molar-refractivity contribution is 0.0393. The predicted molar refractivity (Wildman–Crippen MR) is 113 cm³/mol. The van der Waals surface area contributed by atoms with Crippen LogP contribution in [0.5, 0.6) is 0 Å². The molecule has 0 aliphatic carbocycles. The molecule has 0 saturated carbocycles. The highest BCUT2D eigenvalue weighted by Gasteiger charge is 2.11. The van der Waals surface area contributed by atoms with Crippen LogP contribution in [0.25, 0.3) is 0 Å². The van der Waals surface area contributed by atoms with Crippen molar-refractivity contribution in [3.8, 4) is 0 Å². The van der Waals surface area contributed by atoms with E-state index in [9.17, 15) is 14.4 Å². The molecule has 0 saturated heterocycles. The summed E-state index contributed by atoms with van der Waals surface area (Å²) in [6.45, 7) is 4.70. The molecule has 0 bridgehead atoms. The summed E-state index contributed by atoms with van der Waals surface area (Å²) in [4.78, 5) is 35.9. The fourth-order valence-electron chi connectivity index (χ4n) is 2.59. The predicted octanol–water partition coefficient (Wildman–Crippen LogP) is 4.75. The molecule has 0 aliphatic heterocycles. The van der Waals surface area contributed by atoms with Gasteiger partial charge in [-0.25, -0.2) is 14.4 Å². The van der Waals surface area contributed by atoms with Crippen LogP contribution in [0.4, 0.5) is 0 Å². The van der Waals surface area contributed by atoms with Crippen LogP contribution in [0.1, 0.15) is 69.2 Å². The van der Waals surface area contributed by atoms with E-state index in [1.807, 2.05) is 19.1 Å². The van der Waals surface area contributed by atoms with Crippen LogP contribution < -0.4 is 0 Å². The molecule has 0 fully saturated rings. The minimum absolute atomic E-state index is 0.126. The summed E-state index contributed by atoms with van der Waals surface area (Å²) in [6.07, 6.45) is 3.31. The Morgan fingerprint density at radius 1 is 0.600 bits per heavy atom. The van der Waals surface area contributed by atoms with Crippen LogP contribution >= 0.6 is 0 Å². The molecule has 160 valence electrons. The third kappa shape index (κ3) is 7.70. The van der Waals surface area contributed by atoms with Crippen LogP contribution in [0.3, 0.4) is 0 Å². The van der Waals surface area contributed by atoms with Gasteiger partial charge in [-0.3, -0.25) is 0 Å². The summed E-state index contributed by atoms with van der Waals surface area (Å²) in [6, 6.07) is 13.3. The molecule has 0 aliphatic rings. The number of esters is 3. The van der Waals surface area contributed by atoms with Crippen LogP contribution in [0.15, 0.2) is 48.5 Å². The third-order valence-corrected chi connectivity index (χ3v) is 4.38. The molecule has 2 rings (SSSR count). The maximum Gasteiger partial charge on any atom is 0.338 e. The molecule has 0 radical (unpaired) electrons. The SMILES string of the molecule is CCCCCOC(=O)c1ccc(C(=O)OCCCOC(=O)c2ccc(C)cc2)cc1. The van der Waals surface area contributed by atoms with Gasteiger partial charge >= 0.3 is 17.9 Å². The van der Waals surface area contributed by atoms with Crippen molar-refractivity contribution in [2.45, 2.75) is 39.5 Å². The van der Waals surface area contributed by atoms with Gasteiger partial charge in [-0.15, -0.1) is 0 Å². The lowest BCUT2D eigenvalue weighted by Gasteiger charge is -2.07. The highest BCUT2D eigenvalue weighted by atomic mass is 16.5. The summed E-state index contributed by atoms with van der Waals surface area (Å²) in [5.41, 5.74) is 2.29. The highest BCUT2D eigenvalue weighted by molar-refractivity contribution is 5.93. The Morgan fingerprint density at radius 2 is 0.967 bits per heavy atom. The fraction of sp³-hybridized carbons (Fsp3) is 0.375. The Labute approximate surface area is 177 Å². The summed E-state index contributed by atoms with van der Waals surface area (Å²) >= 11 is 0. The van der Waals surface area contributed by atoms with E-state index in [0.717, 1.165) is 24.8 Å². The van der Waals surface area contributed by atoms with Crippen LogP contribution in [-0.2, 0) is 14.2 Å². The molecule has 0 unspecified atom stereocenters. The molecule has 0 N–H and O–H groups in total. The minimum atomic E-state index is -0.497. The Kier molecular flexibility index (Phi) is 9.58. The maximum absolute atomic E-state index is 12.1. The van der Waals surface area contributed by atoms with Gasteiger partial charge in [0.1, 0.15) is 0 Å². The summed E-state index contributed by atoms with van der Waals surface area (Å²) in [5, 5.41) is 0. The lowest BCUT2D eigenvalue weighted by Crippen LogP contribution is -2.11. The zero-order chi connectivity index (χ0) is 21.8. The highest BCUT2D eigenvalue weighted by Crippen LogP contribution is 2.09. The van der Waals surface area contributed by atoms with E-state index in [1.165, 1.54) is 12.1 Å². The molecular weight excluding hydrogens is 384 g/mol. The number of carbonyl (C=O) groups is 3. The van der Waals surface area contributed by atoms with Crippen molar-refractivity contribution in [2.75, 3.05) is 19.8 Å². The minimum Gasteiger partial charge on any atom is -0.462 e. The molecule has 2 aromatic carbocycles. The molecular formula is C24H28O6. The van der Waals surface area contributed by atoms with Gasteiger partial charge in [0.2, 0.25) is 0 Å². The van der Waals surface area contributed by atoms with Crippen molar-refractivity contribution in [3.63, 3.8) is 0 Å². The average molecular weight is 412 g/mol. The van der Waals surface area contributed by atoms with E-state index in [2.05, 4.69) is 6.92 Å². The van der Waals surface area contributed by atoms with Gasteiger partial charge in [-0.2, -0.15) is 0 Å². The quantitative estimate of drug-likeness (QED) is 0.301. The summed E-state index contributed by atoms with van der Waals surface area (Å²) in [5.74, 6) is -1.30. The van der Waals surface area contributed by atoms with Crippen molar-refractivity contribution in [1.82, 2.24) is 0 Å². The smallest absolute Gasteiger partial charge is 0.338 e. The van der Waals surface area contributed by atoms with Gasteiger partial charge < -0.3 is 14.2 Å². The van der Waals surface area contributed by atoms with Crippen LogP contribution in [0, 0.1) is 6.92 Å². The molecule has 30 heavy (non-hydrogen) atoms. The van der Waals surface area contributed by atoms with Gasteiger partial charge in [-0.05, 0) is 49.7 Å². The number of carbonyl (C=O) groups excluding carboxylic acids is 3. The maximum atomic E-state index is 12.1. The van der Waals surface area contributed by atoms with Crippen molar-refractivity contribution in [2.24, 2.45) is 0 Å². The van der Waals surface area contributed by atoms with Crippen molar-refractivity contribution < 1.29 is 28.6 Å². The van der Waals surface area contributed by atoms with E-state index in [4.69, 9.17) is 14.2 Å². The van der Waals surface area contributed by atoms with E-state index in [0.29, 0.717) is 29.7 Å². The number of hydrogen-bond acceptors (Lipinski definition) is 6. The summed E-state index contributed by atoms with van der Waals surface area (Å²) in [7, 11) is 0. The number of aryl methyl sites for hydroxylation is 1. The standard InChI is InChI=1S/C24H28O6/c1-3-4-5-15-28-23(26)20-11-13-21(14-12-20)24(27)30-17-6-16-29-22(25)19-9-7-18(2)8-10-19/h7-14H,3-6,15-17H2,1-2H3. The molecule has 0 heterocycles. The molecule has 0 spiro atoms. The monoisotopic (exact) mass is 412 g/mol. The first-order valence-electron chi connectivity index (χ1n) is 10.2. The van der Waals surface area contributed by atoms with Crippen molar-refractivity contribution in [1.29, 1.82) is 0 Å². The number of rotatable bonds is 11. The average Bonchev–Trinajstić information content (AvgIpc) is 2.76. The molecule has 6 heteroatoms. The molecule has 0 atom stereocenters. The normalized spacial score (nSPS) is 10.3. The Balaban J connectivity index is 1.67. The second kappa shape index (κ2) is 12.4. The van der Waals surface area contributed by atoms with Gasteiger partial charge in [0.25, 0.3) is 0 Å². The largest absolute Gasteiger partial charge is 0.462 e. The number of benzene rings is 2. The van der Waals surface area contributed by atoms with E-state index >= 15 is 0 Å². The van der Waals surface area contributed by atoms with E-state index in [1.54, 1.807) is 24.3 Å². The van der Waals surface area contributed by atoms with Crippen molar-refractivity contribution >= 4 is 17.9 Å². The second-order valence-electron chi connectivity index (χ2n) is 6.91. The first-order valence-corrected chi connectivity index (χ1v) is 10.2. The summed E-state index contributed by atoms with van der Waals surface area (Å²) < 4.78 is 15.5. The third-order valence-electron chi connectivity index (χ3n) is 4.38. The zero-order valence-corrected chi connectivity index (χ0v) is 17.5. The molecule has 6 nitrogen and oxygen atoms in total. The number of unbranched alkanes of at least 4 members (excludes halogenated alkanes) is 2. The van der Waals surface area contributed by atoms with Crippen molar-refractivity contribution in [3.05, 3.63) is 70.8 Å². The van der Waals surface area contributed by atoms with Gasteiger partial charge in [0.05, 0.1) is 36.5 Å². The molecule has 2 aromatic rings. The zero-order valence-electron chi connectivity index (χ0n) is 17.5. The van der Waals surface area contributed by atoms with Gasteiger partial charge in [-0.1, -0.05) is 37.5 Å². The lowest BCUT2D eigenvalue weighted by atomic mass is 10.1. The van der Waals surface area contributed by atoms with E-state index < -0.39 is 17.9 Å². The Hall–Kier alpha value is -3.15. The second-order valence-corrected chi connectivity index (χ2v) is 6.91. The Morgan fingerprint density at radius 3 is 1.37 bits per heavy atom. The first-order chi connectivity index (χ1) is 14.5. The topological polar surface area (TPSA) is 78.9 Å². The van der Waals surface area contributed by atoms with Crippen LogP contribution in [0.2, 0.25) is 0 Å². The first kappa shape index (κ1) is 23.1.